The van der Waals surface area contributed by atoms with E-state index < -0.39 is 0 Å². The number of para-hydroxylation sites is 1. The smallest absolute Gasteiger partial charge is 0.147 e. The third-order valence-corrected chi connectivity index (χ3v) is 4.16. The fourth-order valence-electron chi connectivity index (χ4n) is 3.52. The second kappa shape index (κ2) is 3.33. The van der Waals surface area contributed by atoms with E-state index in [4.69, 9.17) is 0 Å². The Morgan fingerprint density at radius 1 is 1.35 bits per heavy atom. The fraction of sp³-hybridized carbons (Fsp3) is 0.429. The Balaban J connectivity index is 2.15. The van der Waals surface area contributed by atoms with Gasteiger partial charge in [0.1, 0.15) is 5.82 Å². The van der Waals surface area contributed by atoms with E-state index >= 15 is 0 Å². The topological polar surface area (TPSA) is 17.0 Å². The Kier molecular flexibility index (Phi) is 1.89. The van der Waals surface area contributed by atoms with Gasteiger partial charge in [-0.05, 0) is 30.9 Å². The molecule has 2 nitrogen and oxygen atoms in total. The zero-order valence-electron chi connectivity index (χ0n) is 9.67. The van der Waals surface area contributed by atoms with Gasteiger partial charge in [0.25, 0.3) is 0 Å². The molecule has 0 saturated carbocycles. The molecule has 0 saturated heterocycles. The van der Waals surface area contributed by atoms with Crippen molar-refractivity contribution in [3.8, 4) is 0 Å². The minimum atomic E-state index is -0.0717. The van der Waals surface area contributed by atoms with Gasteiger partial charge in [0.15, 0.2) is 0 Å². The average molecular weight is 230 g/mol. The highest BCUT2D eigenvalue weighted by molar-refractivity contribution is 5.86. The summed E-state index contributed by atoms with van der Waals surface area (Å²) in [6, 6.07) is 5.92. The van der Waals surface area contributed by atoms with Gasteiger partial charge in [-0.1, -0.05) is 12.1 Å². The maximum Gasteiger partial charge on any atom is 0.147 e. The van der Waals surface area contributed by atoms with E-state index in [1.54, 1.807) is 6.07 Å². The molecule has 1 aliphatic carbocycles. The number of halogens is 1. The third kappa shape index (κ3) is 1.18. The molecule has 1 atom stereocenters. The molecule has 88 valence electrons. The van der Waals surface area contributed by atoms with Crippen molar-refractivity contribution in [2.45, 2.75) is 31.8 Å². The van der Waals surface area contributed by atoms with E-state index in [1.807, 2.05) is 6.07 Å². The number of fused-ring (bicyclic) bond motifs is 3. The molecular weight excluding hydrogens is 215 g/mol. The van der Waals surface area contributed by atoms with Gasteiger partial charge >= 0.3 is 0 Å². The van der Waals surface area contributed by atoms with Gasteiger partial charge in [-0.2, -0.15) is 0 Å². The molecule has 2 aromatic rings. The largest absolute Gasteiger partial charge is 0.339 e. The summed E-state index contributed by atoms with van der Waals surface area (Å²) in [4.78, 5) is 0. The third-order valence-electron chi connectivity index (χ3n) is 4.16. The summed E-state index contributed by atoms with van der Waals surface area (Å²) in [5.41, 5.74) is 3.55. The summed E-state index contributed by atoms with van der Waals surface area (Å²) in [6.07, 6.45) is 3.49. The lowest BCUT2D eigenvalue weighted by molar-refractivity contribution is 0.383. The van der Waals surface area contributed by atoms with Gasteiger partial charge < -0.3 is 9.88 Å². The SMILES string of the molecule is Fc1cccc2c3c4n(c12)CCNC4CCC3. The van der Waals surface area contributed by atoms with Gasteiger partial charge in [-0.15, -0.1) is 0 Å². The molecule has 0 radical (unpaired) electrons. The molecule has 1 aromatic carbocycles. The minimum absolute atomic E-state index is 0.0717. The van der Waals surface area contributed by atoms with E-state index in [-0.39, 0.29) is 5.82 Å². The van der Waals surface area contributed by atoms with Crippen molar-refractivity contribution in [3.63, 3.8) is 0 Å². The van der Waals surface area contributed by atoms with Crippen molar-refractivity contribution < 1.29 is 4.39 Å². The summed E-state index contributed by atoms with van der Waals surface area (Å²) in [5, 5.41) is 4.69. The molecule has 2 aliphatic rings. The lowest BCUT2D eigenvalue weighted by atomic mass is 9.91. The lowest BCUT2D eigenvalue weighted by Gasteiger charge is -2.31. The standard InChI is InChI=1S/C14H15FN2/c15-11-5-1-3-9-10-4-2-6-12-14(10)17(13(9)11)8-7-16-12/h1,3,5,12,16H,2,4,6-8H2. The molecule has 0 bridgehead atoms. The molecular formula is C14H15FN2. The van der Waals surface area contributed by atoms with Crippen LogP contribution >= 0.6 is 0 Å². The first-order chi connectivity index (χ1) is 8.36. The van der Waals surface area contributed by atoms with Gasteiger partial charge in [-0.3, -0.25) is 0 Å². The van der Waals surface area contributed by atoms with E-state index in [0.29, 0.717) is 6.04 Å². The molecule has 1 aromatic heterocycles. The molecule has 0 spiro atoms. The number of rotatable bonds is 0. The molecule has 4 rings (SSSR count). The number of hydrogen-bond acceptors (Lipinski definition) is 1. The van der Waals surface area contributed by atoms with Gasteiger partial charge in [0.2, 0.25) is 0 Å². The average Bonchev–Trinajstić information content (AvgIpc) is 2.69. The molecule has 1 N–H and O–H groups in total. The Hall–Kier alpha value is -1.35. The van der Waals surface area contributed by atoms with E-state index in [2.05, 4.69) is 16.0 Å². The van der Waals surface area contributed by atoms with Gasteiger partial charge in [-0.25, -0.2) is 4.39 Å². The van der Waals surface area contributed by atoms with Crippen molar-refractivity contribution in [1.82, 2.24) is 9.88 Å². The van der Waals surface area contributed by atoms with Crippen LogP contribution in [0.3, 0.4) is 0 Å². The molecule has 17 heavy (non-hydrogen) atoms. The number of hydrogen-bond donors (Lipinski definition) is 1. The highest BCUT2D eigenvalue weighted by Crippen LogP contribution is 2.39. The van der Waals surface area contributed by atoms with E-state index in [1.165, 1.54) is 24.1 Å². The van der Waals surface area contributed by atoms with Crippen LogP contribution in [0.1, 0.15) is 30.1 Å². The Labute approximate surface area is 99.4 Å². The molecule has 1 aliphatic heterocycles. The van der Waals surface area contributed by atoms with Crippen molar-refractivity contribution >= 4 is 10.9 Å². The fourth-order valence-corrected chi connectivity index (χ4v) is 3.52. The van der Waals surface area contributed by atoms with Gasteiger partial charge in [0, 0.05) is 30.2 Å². The van der Waals surface area contributed by atoms with Crippen LogP contribution in [0.25, 0.3) is 10.9 Å². The van der Waals surface area contributed by atoms with Crippen LogP contribution in [0.4, 0.5) is 4.39 Å². The van der Waals surface area contributed by atoms with Crippen LogP contribution in [0.5, 0.6) is 0 Å². The minimum Gasteiger partial charge on any atom is -0.339 e. The number of aromatic nitrogens is 1. The maximum atomic E-state index is 14.0. The van der Waals surface area contributed by atoms with Crippen LogP contribution < -0.4 is 5.32 Å². The molecule has 0 amide bonds. The summed E-state index contributed by atoms with van der Waals surface area (Å²) in [6.45, 7) is 1.85. The summed E-state index contributed by atoms with van der Waals surface area (Å²) in [5.74, 6) is -0.0717. The summed E-state index contributed by atoms with van der Waals surface area (Å²) < 4.78 is 16.2. The van der Waals surface area contributed by atoms with Crippen molar-refractivity contribution in [1.29, 1.82) is 0 Å². The molecule has 1 unspecified atom stereocenters. The van der Waals surface area contributed by atoms with Crippen LogP contribution in [-0.4, -0.2) is 11.1 Å². The normalized spacial score (nSPS) is 22.8. The number of benzene rings is 1. The maximum absolute atomic E-state index is 14.0. The first-order valence-electron chi connectivity index (χ1n) is 6.39. The number of nitrogens with zero attached hydrogens (tertiary/aromatic N) is 1. The highest BCUT2D eigenvalue weighted by atomic mass is 19.1. The zero-order chi connectivity index (χ0) is 11.4. The summed E-state index contributed by atoms with van der Waals surface area (Å²) in [7, 11) is 0. The first-order valence-corrected chi connectivity index (χ1v) is 6.39. The van der Waals surface area contributed by atoms with Crippen LogP contribution in [0.2, 0.25) is 0 Å². The van der Waals surface area contributed by atoms with Crippen LogP contribution in [-0.2, 0) is 13.0 Å². The number of aryl methyl sites for hydroxylation is 1. The first kappa shape index (κ1) is 9.66. The van der Waals surface area contributed by atoms with Crippen molar-refractivity contribution in [2.75, 3.05) is 6.54 Å². The van der Waals surface area contributed by atoms with Crippen LogP contribution in [0.15, 0.2) is 18.2 Å². The second-order valence-corrected chi connectivity index (χ2v) is 5.05. The van der Waals surface area contributed by atoms with Crippen molar-refractivity contribution in [3.05, 3.63) is 35.3 Å². The molecule has 3 heteroatoms. The van der Waals surface area contributed by atoms with Gasteiger partial charge in [0.05, 0.1) is 5.52 Å². The lowest BCUT2D eigenvalue weighted by Crippen LogP contribution is -2.35. The highest BCUT2D eigenvalue weighted by Gasteiger charge is 2.30. The summed E-state index contributed by atoms with van der Waals surface area (Å²) >= 11 is 0. The van der Waals surface area contributed by atoms with E-state index in [9.17, 15) is 4.39 Å². The zero-order valence-corrected chi connectivity index (χ0v) is 9.67. The van der Waals surface area contributed by atoms with Crippen molar-refractivity contribution in [2.24, 2.45) is 0 Å². The van der Waals surface area contributed by atoms with Crippen LogP contribution in [0, 0.1) is 5.82 Å². The Morgan fingerprint density at radius 3 is 3.24 bits per heavy atom. The monoisotopic (exact) mass is 230 g/mol. The molecule has 2 heterocycles. The predicted octanol–water partition coefficient (Wildman–Crippen LogP) is 2.76. The Bertz CT molecular complexity index is 598. The number of nitrogens with one attached hydrogen (secondary N) is 1. The molecule has 0 fully saturated rings. The Morgan fingerprint density at radius 2 is 2.29 bits per heavy atom. The second-order valence-electron chi connectivity index (χ2n) is 5.05. The predicted molar refractivity (Wildman–Crippen MR) is 65.6 cm³/mol. The van der Waals surface area contributed by atoms with E-state index in [0.717, 1.165) is 30.4 Å². The quantitative estimate of drug-likeness (QED) is 0.736.